The Morgan fingerprint density at radius 1 is 1.42 bits per heavy atom. The van der Waals surface area contributed by atoms with Crippen LogP contribution in [0.1, 0.15) is 38.2 Å². The largest absolute Gasteiger partial charge is 0.383 e. The van der Waals surface area contributed by atoms with E-state index in [1.54, 1.807) is 6.20 Å². The first-order valence-electron chi connectivity index (χ1n) is 8.91. The zero-order valence-electron chi connectivity index (χ0n) is 14.8. The van der Waals surface area contributed by atoms with Gasteiger partial charge in [0.1, 0.15) is 0 Å². The number of aromatic nitrogens is 1. The van der Waals surface area contributed by atoms with Crippen molar-refractivity contribution in [3.05, 3.63) is 24.0 Å². The minimum atomic E-state index is -0.0429. The summed E-state index contributed by atoms with van der Waals surface area (Å²) < 4.78 is 5.76. The normalized spacial score (nSPS) is 23.7. The molecule has 0 unspecified atom stereocenters. The lowest BCUT2D eigenvalue weighted by molar-refractivity contribution is -0.127. The van der Waals surface area contributed by atoms with Crippen LogP contribution in [0, 0.1) is 12.8 Å². The molecule has 1 aliphatic carbocycles. The summed E-state index contributed by atoms with van der Waals surface area (Å²) in [5.74, 6) is 0.108. The Kier molecular flexibility index (Phi) is 7.46. The van der Waals surface area contributed by atoms with Crippen molar-refractivity contribution in [2.75, 3.05) is 25.0 Å². The number of nitrogens with two attached hydrogens (primary N) is 1. The number of carbonyl (C=O) groups is 1. The maximum absolute atomic E-state index is 12.3. The summed E-state index contributed by atoms with van der Waals surface area (Å²) in [6.07, 6.45) is 7.10. The summed E-state index contributed by atoms with van der Waals surface area (Å²) >= 11 is 0. The van der Waals surface area contributed by atoms with Crippen LogP contribution < -0.4 is 16.4 Å². The van der Waals surface area contributed by atoms with Gasteiger partial charge in [-0.3, -0.25) is 9.78 Å². The standard InChI is InChI=1S/C18H30N4O2/c1-3-10-24-17-5-4-14(11-15(17)19)18(23)22-9-8-21-16-6-7-20-12-13(16)2/h6-7,12,14-15,17H,3-5,8-11,19H2,1-2H3,(H,20,21)(H,22,23)/t14-,15+,17+/m0/s1. The van der Waals surface area contributed by atoms with Crippen LogP contribution >= 0.6 is 0 Å². The van der Waals surface area contributed by atoms with Crippen molar-refractivity contribution in [1.82, 2.24) is 10.3 Å². The second-order valence-corrected chi connectivity index (χ2v) is 6.49. The van der Waals surface area contributed by atoms with E-state index in [0.29, 0.717) is 19.5 Å². The highest BCUT2D eigenvalue weighted by Crippen LogP contribution is 2.25. The zero-order chi connectivity index (χ0) is 17.4. The van der Waals surface area contributed by atoms with E-state index in [9.17, 15) is 4.79 Å². The van der Waals surface area contributed by atoms with Crippen LogP contribution in [0.3, 0.4) is 0 Å². The van der Waals surface area contributed by atoms with Crippen molar-refractivity contribution in [2.24, 2.45) is 11.7 Å². The molecule has 0 radical (unpaired) electrons. The highest BCUT2D eigenvalue weighted by molar-refractivity contribution is 5.78. The van der Waals surface area contributed by atoms with Crippen LogP contribution in [-0.2, 0) is 9.53 Å². The lowest BCUT2D eigenvalue weighted by atomic mass is 9.83. The number of anilines is 1. The molecule has 4 N–H and O–H groups in total. The van der Waals surface area contributed by atoms with Gasteiger partial charge in [-0.05, 0) is 44.2 Å². The van der Waals surface area contributed by atoms with Crippen LogP contribution in [0.25, 0.3) is 0 Å². The second kappa shape index (κ2) is 9.59. The Morgan fingerprint density at radius 2 is 2.25 bits per heavy atom. The number of aryl methyl sites for hydroxylation is 1. The molecule has 3 atom stereocenters. The molecular weight excluding hydrogens is 304 g/mol. The molecule has 1 aliphatic rings. The molecule has 0 aromatic carbocycles. The summed E-state index contributed by atoms with van der Waals surface area (Å²) in [5, 5.41) is 6.32. The monoisotopic (exact) mass is 334 g/mol. The molecule has 134 valence electrons. The van der Waals surface area contributed by atoms with E-state index in [-0.39, 0.29) is 24.0 Å². The second-order valence-electron chi connectivity index (χ2n) is 6.49. The molecule has 0 saturated heterocycles. The van der Waals surface area contributed by atoms with Crippen LogP contribution in [0.15, 0.2) is 18.5 Å². The molecule has 6 heteroatoms. The van der Waals surface area contributed by atoms with Crippen LogP contribution in [0.4, 0.5) is 5.69 Å². The molecule has 1 aromatic heterocycles. The van der Waals surface area contributed by atoms with Crippen molar-refractivity contribution >= 4 is 11.6 Å². The van der Waals surface area contributed by atoms with Crippen molar-refractivity contribution in [3.8, 4) is 0 Å². The Bertz CT molecular complexity index is 523. The van der Waals surface area contributed by atoms with Gasteiger partial charge in [-0.1, -0.05) is 6.92 Å². The fourth-order valence-corrected chi connectivity index (χ4v) is 3.09. The summed E-state index contributed by atoms with van der Waals surface area (Å²) in [6.45, 7) is 6.13. The van der Waals surface area contributed by atoms with E-state index in [0.717, 1.165) is 37.1 Å². The van der Waals surface area contributed by atoms with E-state index >= 15 is 0 Å². The predicted molar refractivity (Wildman–Crippen MR) is 95.8 cm³/mol. The molecule has 0 aliphatic heterocycles. The van der Waals surface area contributed by atoms with Crippen LogP contribution in [-0.4, -0.2) is 42.7 Å². The van der Waals surface area contributed by atoms with Gasteiger partial charge in [0.15, 0.2) is 0 Å². The smallest absolute Gasteiger partial charge is 0.223 e. The van der Waals surface area contributed by atoms with Gasteiger partial charge in [0, 0.05) is 49.7 Å². The molecule has 6 nitrogen and oxygen atoms in total. The van der Waals surface area contributed by atoms with Gasteiger partial charge in [-0.15, -0.1) is 0 Å². The first kappa shape index (κ1) is 18.7. The number of amides is 1. The number of hydrogen-bond acceptors (Lipinski definition) is 5. The average Bonchev–Trinajstić information content (AvgIpc) is 2.59. The van der Waals surface area contributed by atoms with Crippen LogP contribution in [0.2, 0.25) is 0 Å². The van der Waals surface area contributed by atoms with Gasteiger partial charge in [-0.2, -0.15) is 0 Å². The summed E-state index contributed by atoms with van der Waals surface area (Å²) in [6, 6.07) is 1.90. The lowest BCUT2D eigenvalue weighted by Crippen LogP contribution is -2.46. The fourth-order valence-electron chi connectivity index (χ4n) is 3.09. The molecule has 0 spiro atoms. The molecule has 24 heavy (non-hydrogen) atoms. The summed E-state index contributed by atoms with van der Waals surface area (Å²) in [7, 11) is 0. The number of hydrogen-bond donors (Lipinski definition) is 3. The minimum absolute atomic E-state index is 0.00383. The maximum Gasteiger partial charge on any atom is 0.223 e. The van der Waals surface area contributed by atoms with Gasteiger partial charge >= 0.3 is 0 Å². The Morgan fingerprint density at radius 3 is 2.96 bits per heavy atom. The Labute approximate surface area is 144 Å². The van der Waals surface area contributed by atoms with E-state index < -0.39 is 0 Å². The maximum atomic E-state index is 12.3. The average molecular weight is 334 g/mol. The third-order valence-electron chi connectivity index (χ3n) is 4.50. The zero-order valence-corrected chi connectivity index (χ0v) is 14.8. The van der Waals surface area contributed by atoms with E-state index in [1.165, 1.54) is 0 Å². The lowest BCUT2D eigenvalue weighted by Gasteiger charge is -2.33. The van der Waals surface area contributed by atoms with Gasteiger partial charge in [0.2, 0.25) is 5.91 Å². The highest BCUT2D eigenvalue weighted by atomic mass is 16.5. The number of carbonyl (C=O) groups excluding carboxylic acids is 1. The third kappa shape index (κ3) is 5.46. The van der Waals surface area contributed by atoms with Crippen molar-refractivity contribution in [3.63, 3.8) is 0 Å². The van der Waals surface area contributed by atoms with Gasteiger partial charge < -0.3 is 21.1 Å². The van der Waals surface area contributed by atoms with Gasteiger partial charge in [0.05, 0.1) is 6.10 Å². The number of rotatable bonds is 8. The molecule has 1 amide bonds. The highest BCUT2D eigenvalue weighted by Gasteiger charge is 2.32. The third-order valence-corrected chi connectivity index (χ3v) is 4.50. The SMILES string of the molecule is CCCO[C@@H]1CC[C@H](C(=O)NCCNc2ccncc2C)C[C@H]1N. The predicted octanol–water partition coefficient (Wildman–Crippen LogP) is 1.84. The number of ether oxygens (including phenoxy) is 1. The molecule has 1 heterocycles. The van der Waals surface area contributed by atoms with Crippen molar-refractivity contribution in [1.29, 1.82) is 0 Å². The summed E-state index contributed by atoms with van der Waals surface area (Å²) in [5.41, 5.74) is 8.32. The molecule has 1 aromatic rings. The Balaban J connectivity index is 1.67. The van der Waals surface area contributed by atoms with Crippen molar-refractivity contribution < 1.29 is 9.53 Å². The van der Waals surface area contributed by atoms with Crippen LogP contribution in [0.5, 0.6) is 0 Å². The minimum Gasteiger partial charge on any atom is -0.383 e. The van der Waals surface area contributed by atoms with Gasteiger partial charge in [-0.25, -0.2) is 0 Å². The first-order chi connectivity index (χ1) is 11.6. The molecule has 1 fully saturated rings. The van der Waals surface area contributed by atoms with E-state index in [2.05, 4.69) is 22.5 Å². The van der Waals surface area contributed by atoms with E-state index in [4.69, 9.17) is 10.5 Å². The molecule has 2 rings (SSSR count). The number of nitrogens with one attached hydrogen (secondary N) is 2. The quantitative estimate of drug-likeness (QED) is 0.631. The first-order valence-corrected chi connectivity index (χ1v) is 8.91. The van der Waals surface area contributed by atoms with Gasteiger partial charge in [0.25, 0.3) is 0 Å². The number of nitrogens with zero attached hydrogens (tertiary/aromatic N) is 1. The molecule has 0 bridgehead atoms. The van der Waals surface area contributed by atoms with Crippen molar-refractivity contribution in [2.45, 2.75) is 51.7 Å². The topological polar surface area (TPSA) is 89.3 Å². The fraction of sp³-hybridized carbons (Fsp3) is 0.667. The molecule has 1 saturated carbocycles. The Hall–Kier alpha value is -1.66. The molecular formula is C18H30N4O2. The summed E-state index contributed by atoms with van der Waals surface area (Å²) in [4.78, 5) is 16.4. The number of pyridine rings is 1. The van der Waals surface area contributed by atoms with E-state index in [1.807, 2.05) is 19.2 Å².